The van der Waals surface area contributed by atoms with Crippen molar-refractivity contribution in [1.82, 2.24) is 5.43 Å². The summed E-state index contributed by atoms with van der Waals surface area (Å²) in [5.74, 6) is -1.89. The highest BCUT2D eigenvalue weighted by Crippen LogP contribution is 2.22. The number of primary amides is 1. The fourth-order valence-electron chi connectivity index (χ4n) is 2.12. The lowest BCUT2D eigenvalue weighted by atomic mass is 10.1. The van der Waals surface area contributed by atoms with Crippen LogP contribution in [0.25, 0.3) is 0 Å². The summed E-state index contributed by atoms with van der Waals surface area (Å²) in [5.41, 5.74) is 9.48. The van der Waals surface area contributed by atoms with Crippen molar-refractivity contribution >= 4 is 40.7 Å². The fourth-order valence-corrected chi connectivity index (χ4v) is 2.29. The molecule has 0 radical (unpaired) electrons. The number of hydrazone groups is 1. The fraction of sp³-hybridized carbons (Fsp3) is 0.158. The lowest BCUT2D eigenvalue weighted by molar-refractivity contribution is -0.136. The second-order valence-electron chi connectivity index (χ2n) is 5.78. The monoisotopic (exact) mass is 402 g/mol. The lowest BCUT2D eigenvalue weighted by Crippen LogP contribution is -2.33. The van der Waals surface area contributed by atoms with Gasteiger partial charge in [-0.1, -0.05) is 17.7 Å². The first kappa shape index (κ1) is 20.9. The molecule has 3 amide bonds. The number of carbonyl (C=O) groups is 3. The van der Waals surface area contributed by atoms with E-state index in [-0.39, 0.29) is 6.61 Å². The zero-order chi connectivity index (χ0) is 20.7. The molecule has 0 bridgehead atoms. The SMILES string of the molecule is C/C(=N\NC(=O)C(=O)Nc1cccc(Cl)c1C)c1ccc(OCC(N)=O)cc1. The molecular weight excluding hydrogens is 384 g/mol. The Morgan fingerprint density at radius 1 is 1.11 bits per heavy atom. The standard InChI is InChI=1S/C19H19ClN4O4/c1-11-15(20)4-3-5-16(11)22-18(26)19(27)24-23-12(2)13-6-8-14(9-7-13)28-10-17(21)25/h3-9H,10H2,1-2H3,(H2,21,25)(H,22,26)(H,24,27)/b23-12+. The molecule has 0 aliphatic rings. The first-order chi connectivity index (χ1) is 13.3. The van der Waals surface area contributed by atoms with Gasteiger partial charge >= 0.3 is 11.8 Å². The van der Waals surface area contributed by atoms with Crippen LogP contribution < -0.4 is 21.2 Å². The Labute approximate surface area is 166 Å². The quantitative estimate of drug-likeness (QED) is 0.388. The molecule has 2 aromatic carbocycles. The maximum absolute atomic E-state index is 12.0. The Morgan fingerprint density at radius 3 is 2.43 bits per heavy atom. The van der Waals surface area contributed by atoms with E-state index in [1.54, 1.807) is 56.3 Å². The van der Waals surface area contributed by atoms with Gasteiger partial charge in [0.05, 0.1) is 5.71 Å². The van der Waals surface area contributed by atoms with Crippen LogP contribution in [-0.2, 0) is 14.4 Å². The largest absolute Gasteiger partial charge is 0.484 e. The molecular formula is C19H19ClN4O4. The predicted octanol–water partition coefficient (Wildman–Crippen LogP) is 1.99. The van der Waals surface area contributed by atoms with Crippen molar-refractivity contribution in [3.63, 3.8) is 0 Å². The van der Waals surface area contributed by atoms with E-state index in [4.69, 9.17) is 22.1 Å². The normalized spacial score (nSPS) is 10.9. The van der Waals surface area contributed by atoms with Crippen LogP contribution >= 0.6 is 11.6 Å². The zero-order valence-electron chi connectivity index (χ0n) is 15.3. The van der Waals surface area contributed by atoms with Crippen molar-refractivity contribution in [2.75, 3.05) is 11.9 Å². The highest BCUT2D eigenvalue weighted by molar-refractivity contribution is 6.40. The molecule has 0 saturated carbocycles. The summed E-state index contributed by atoms with van der Waals surface area (Å²) in [6.07, 6.45) is 0. The van der Waals surface area contributed by atoms with Gasteiger partial charge in [0.1, 0.15) is 5.75 Å². The van der Waals surface area contributed by atoms with Gasteiger partial charge in [-0.05, 0) is 61.4 Å². The molecule has 0 aliphatic carbocycles. The highest BCUT2D eigenvalue weighted by Gasteiger charge is 2.15. The number of benzene rings is 2. The number of carbonyl (C=O) groups excluding carboxylic acids is 3. The smallest absolute Gasteiger partial charge is 0.329 e. The van der Waals surface area contributed by atoms with Crippen LogP contribution in [0.15, 0.2) is 47.6 Å². The Bertz CT molecular complexity index is 926. The molecule has 0 atom stereocenters. The number of nitrogens with two attached hydrogens (primary N) is 1. The third-order valence-electron chi connectivity index (χ3n) is 3.70. The average Bonchev–Trinajstić information content (AvgIpc) is 2.68. The Kier molecular flexibility index (Phi) is 7.11. The van der Waals surface area contributed by atoms with Crippen molar-refractivity contribution in [3.8, 4) is 5.75 Å². The van der Waals surface area contributed by atoms with E-state index in [0.29, 0.717) is 33.3 Å². The zero-order valence-corrected chi connectivity index (χ0v) is 16.0. The van der Waals surface area contributed by atoms with Crippen LogP contribution in [0.2, 0.25) is 5.02 Å². The number of hydrogen-bond acceptors (Lipinski definition) is 5. The van der Waals surface area contributed by atoms with Crippen LogP contribution in [0.5, 0.6) is 5.75 Å². The van der Waals surface area contributed by atoms with Gasteiger partial charge in [0.2, 0.25) is 0 Å². The molecule has 28 heavy (non-hydrogen) atoms. The number of ether oxygens (including phenoxy) is 1. The minimum atomic E-state index is -0.917. The topological polar surface area (TPSA) is 123 Å². The Balaban J connectivity index is 1.96. The summed E-state index contributed by atoms with van der Waals surface area (Å²) in [6, 6.07) is 11.6. The van der Waals surface area contributed by atoms with E-state index >= 15 is 0 Å². The second kappa shape index (κ2) is 9.52. The maximum atomic E-state index is 12.0. The van der Waals surface area contributed by atoms with Crippen LogP contribution in [0, 0.1) is 6.92 Å². The number of rotatable bonds is 6. The van der Waals surface area contributed by atoms with Crippen molar-refractivity contribution in [2.45, 2.75) is 13.8 Å². The summed E-state index contributed by atoms with van der Waals surface area (Å²) in [4.78, 5) is 34.7. The van der Waals surface area contributed by atoms with Crippen LogP contribution in [0.3, 0.4) is 0 Å². The first-order valence-electron chi connectivity index (χ1n) is 8.20. The van der Waals surface area contributed by atoms with Gasteiger partial charge in [-0.3, -0.25) is 14.4 Å². The van der Waals surface area contributed by atoms with Crippen molar-refractivity contribution in [3.05, 3.63) is 58.6 Å². The molecule has 0 fully saturated rings. The summed E-state index contributed by atoms with van der Waals surface area (Å²) >= 11 is 5.99. The molecule has 0 saturated heterocycles. The van der Waals surface area contributed by atoms with E-state index in [2.05, 4.69) is 15.8 Å². The van der Waals surface area contributed by atoms with Gasteiger partial charge in [0.15, 0.2) is 6.61 Å². The third kappa shape index (κ3) is 5.82. The molecule has 2 rings (SSSR count). The number of hydrogen-bond donors (Lipinski definition) is 3. The molecule has 4 N–H and O–H groups in total. The van der Waals surface area contributed by atoms with Crippen molar-refractivity contribution < 1.29 is 19.1 Å². The summed E-state index contributed by atoms with van der Waals surface area (Å²) in [7, 11) is 0. The van der Waals surface area contributed by atoms with Crippen LogP contribution in [-0.4, -0.2) is 30.0 Å². The van der Waals surface area contributed by atoms with Gasteiger partial charge in [-0.15, -0.1) is 0 Å². The molecule has 0 heterocycles. The molecule has 0 aromatic heterocycles. The van der Waals surface area contributed by atoms with Gasteiger partial charge in [0.25, 0.3) is 5.91 Å². The van der Waals surface area contributed by atoms with Gasteiger partial charge in [-0.2, -0.15) is 5.10 Å². The van der Waals surface area contributed by atoms with E-state index in [9.17, 15) is 14.4 Å². The van der Waals surface area contributed by atoms with E-state index in [1.165, 1.54) is 0 Å². The number of nitrogens with one attached hydrogen (secondary N) is 2. The highest BCUT2D eigenvalue weighted by atomic mass is 35.5. The lowest BCUT2D eigenvalue weighted by Gasteiger charge is -2.09. The maximum Gasteiger partial charge on any atom is 0.329 e. The number of halogens is 1. The molecule has 0 unspecified atom stereocenters. The molecule has 146 valence electrons. The summed E-state index contributed by atoms with van der Waals surface area (Å²) < 4.78 is 5.16. The summed E-state index contributed by atoms with van der Waals surface area (Å²) in [5, 5.41) is 6.88. The molecule has 0 spiro atoms. The van der Waals surface area contributed by atoms with Gasteiger partial charge in [-0.25, -0.2) is 5.43 Å². The van der Waals surface area contributed by atoms with E-state index in [0.717, 1.165) is 0 Å². The number of amides is 3. The third-order valence-corrected chi connectivity index (χ3v) is 4.11. The molecule has 9 heteroatoms. The molecule has 0 aliphatic heterocycles. The Morgan fingerprint density at radius 2 is 1.79 bits per heavy atom. The van der Waals surface area contributed by atoms with E-state index in [1.807, 2.05) is 0 Å². The van der Waals surface area contributed by atoms with E-state index < -0.39 is 17.7 Å². The van der Waals surface area contributed by atoms with Gasteiger partial charge in [0, 0.05) is 10.7 Å². The minimum absolute atomic E-state index is 0.219. The summed E-state index contributed by atoms with van der Waals surface area (Å²) in [6.45, 7) is 3.18. The van der Waals surface area contributed by atoms with Gasteiger partial charge < -0.3 is 15.8 Å². The molecule has 8 nitrogen and oxygen atoms in total. The minimum Gasteiger partial charge on any atom is -0.484 e. The van der Waals surface area contributed by atoms with Crippen molar-refractivity contribution in [2.24, 2.45) is 10.8 Å². The van der Waals surface area contributed by atoms with Crippen molar-refractivity contribution in [1.29, 1.82) is 0 Å². The predicted molar refractivity (Wildman–Crippen MR) is 106 cm³/mol. The molecule has 2 aromatic rings. The van der Waals surface area contributed by atoms with Crippen LogP contribution in [0.1, 0.15) is 18.1 Å². The first-order valence-corrected chi connectivity index (χ1v) is 8.58. The van der Waals surface area contributed by atoms with Crippen LogP contribution in [0.4, 0.5) is 5.69 Å². The number of nitrogens with zero attached hydrogens (tertiary/aromatic N) is 1. The number of anilines is 1. The Hall–Kier alpha value is -3.39. The average molecular weight is 403 g/mol. The second-order valence-corrected chi connectivity index (χ2v) is 6.19.